The average Bonchev–Trinajstić information content (AvgIpc) is 2.92. The normalized spacial score (nSPS) is 12.4. The second-order valence-electron chi connectivity index (χ2n) is 9.62. The summed E-state index contributed by atoms with van der Waals surface area (Å²) < 4.78 is 47.6. The smallest absolute Gasteiger partial charge is 0.418 e. The monoisotopic (exact) mass is 587 g/mol. The molecule has 2 amide bonds. The first-order valence-corrected chi connectivity index (χ1v) is 13.0. The highest BCUT2D eigenvalue weighted by atomic mass is 35.5. The van der Waals surface area contributed by atoms with Crippen molar-refractivity contribution in [1.82, 2.24) is 19.4 Å². The number of aromatic nitrogens is 2. The summed E-state index contributed by atoms with van der Waals surface area (Å²) in [4.78, 5) is 35.4. The van der Waals surface area contributed by atoms with Crippen LogP contribution in [0.3, 0.4) is 0 Å². The first kappa shape index (κ1) is 29.9. The molecule has 0 aliphatic heterocycles. The zero-order valence-electron chi connectivity index (χ0n) is 22.9. The molecule has 3 aromatic carbocycles. The van der Waals surface area contributed by atoms with E-state index in [1.54, 1.807) is 49.4 Å². The topological polar surface area (TPSA) is 79.7 Å². The number of nitrogens with zero attached hydrogens (tertiary/aromatic N) is 4. The lowest BCUT2D eigenvalue weighted by Crippen LogP contribution is -2.43. The van der Waals surface area contributed by atoms with Gasteiger partial charge in [-0.3, -0.25) is 9.36 Å². The maximum absolute atomic E-state index is 13.8. The van der Waals surface area contributed by atoms with Gasteiger partial charge in [-0.15, -0.1) is 0 Å². The molecule has 0 saturated heterocycles. The number of para-hydroxylation sites is 1. The molecule has 216 valence electrons. The Morgan fingerprint density at radius 1 is 1.07 bits per heavy atom. The number of anilines is 1. The third kappa shape index (κ3) is 6.63. The summed E-state index contributed by atoms with van der Waals surface area (Å²) >= 11 is 6.20. The lowest BCUT2D eigenvalue weighted by molar-refractivity contribution is -0.136. The maximum atomic E-state index is 13.8. The zero-order valence-corrected chi connectivity index (χ0v) is 23.6. The van der Waals surface area contributed by atoms with E-state index in [-0.39, 0.29) is 18.1 Å². The predicted octanol–water partition coefficient (Wildman–Crippen LogP) is 6.22. The molecule has 1 atom stereocenters. The Bertz CT molecular complexity index is 1610. The molecule has 4 aromatic rings. The van der Waals surface area contributed by atoms with Crippen LogP contribution in [0.2, 0.25) is 5.02 Å². The molecule has 1 aromatic heterocycles. The van der Waals surface area contributed by atoms with Gasteiger partial charge in [0.15, 0.2) is 0 Å². The number of halogens is 4. The summed E-state index contributed by atoms with van der Waals surface area (Å²) in [6.07, 6.45) is -4.67. The molecule has 0 radical (unpaired) electrons. The van der Waals surface area contributed by atoms with Crippen LogP contribution in [0.4, 0.5) is 23.7 Å². The maximum Gasteiger partial charge on any atom is 0.418 e. The van der Waals surface area contributed by atoms with Crippen LogP contribution in [-0.2, 0) is 6.18 Å². The highest BCUT2D eigenvalue weighted by molar-refractivity contribution is 6.31. The minimum atomic E-state index is -4.67. The lowest BCUT2D eigenvalue weighted by Gasteiger charge is -2.32. The summed E-state index contributed by atoms with van der Waals surface area (Å²) in [6, 6.07) is 14.6. The summed E-state index contributed by atoms with van der Waals surface area (Å²) in [5, 5.41) is 3.10. The number of hydrogen-bond donors (Lipinski definition) is 1. The molecular formula is C29H29ClF3N5O3. The third-order valence-electron chi connectivity index (χ3n) is 6.55. The molecule has 1 N–H and O–H groups in total. The van der Waals surface area contributed by atoms with Gasteiger partial charge in [0.1, 0.15) is 11.6 Å². The van der Waals surface area contributed by atoms with Gasteiger partial charge >= 0.3 is 12.2 Å². The SMILES string of the molecule is COc1ccc(-n2c(C(C)N(CCN(C)C)C(=O)Nc3ccccc3C(F)(F)F)nc3cc(Cl)ccc3c2=O)cc1. The standard InChI is InChI=1S/C29H29ClF3N5O3/c1-18(37(16-15-36(2)3)28(40)35-24-8-6-5-7-23(24)29(31,32)33)26-34-25-17-19(30)9-14-22(25)27(39)38(26)20-10-12-21(41-4)13-11-20/h5-14,17-18H,15-16H2,1-4H3,(H,35,40). The zero-order chi connectivity index (χ0) is 29.9. The molecule has 0 aliphatic carbocycles. The number of carbonyl (C=O) groups excluding carboxylic acids is 1. The van der Waals surface area contributed by atoms with E-state index in [9.17, 15) is 22.8 Å². The van der Waals surface area contributed by atoms with E-state index in [2.05, 4.69) is 5.32 Å². The van der Waals surface area contributed by atoms with Gasteiger partial charge in [-0.2, -0.15) is 13.2 Å². The number of fused-ring (bicyclic) bond motifs is 1. The largest absolute Gasteiger partial charge is 0.497 e. The Morgan fingerprint density at radius 3 is 2.39 bits per heavy atom. The van der Waals surface area contributed by atoms with Crippen LogP contribution in [0, 0.1) is 0 Å². The van der Waals surface area contributed by atoms with Crippen molar-refractivity contribution in [3.05, 3.63) is 93.5 Å². The van der Waals surface area contributed by atoms with Gasteiger partial charge in [0.05, 0.1) is 41.0 Å². The Labute approximate surface area is 239 Å². The molecule has 1 heterocycles. The highest BCUT2D eigenvalue weighted by Crippen LogP contribution is 2.35. The van der Waals surface area contributed by atoms with E-state index in [0.29, 0.717) is 33.9 Å². The van der Waals surface area contributed by atoms with Gasteiger partial charge in [-0.1, -0.05) is 23.7 Å². The number of amides is 2. The van der Waals surface area contributed by atoms with Crippen molar-refractivity contribution in [2.45, 2.75) is 19.1 Å². The number of rotatable bonds is 8. The minimum Gasteiger partial charge on any atom is -0.497 e. The van der Waals surface area contributed by atoms with Gasteiger partial charge < -0.3 is 19.9 Å². The van der Waals surface area contributed by atoms with E-state index in [4.69, 9.17) is 21.3 Å². The van der Waals surface area contributed by atoms with Crippen LogP contribution in [-0.4, -0.2) is 59.7 Å². The number of nitrogens with one attached hydrogen (secondary N) is 1. The van der Waals surface area contributed by atoms with Crippen molar-refractivity contribution in [3.63, 3.8) is 0 Å². The molecule has 41 heavy (non-hydrogen) atoms. The number of likely N-dealkylation sites (N-methyl/N-ethyl adjacent to an activating group) is 1. The van der Waals surface area contributed by atoms with Crippen LogP contribution >= 0.6 is 11.6 Å². The molecule has 8 nitrogen and oxygen atoms in total. The number of urea groups is 1. The molecule has 1 unspecified atom stereocenters. The van der Waals surface area contributed by atoms with Crippen molar-refractivity contribution in [2.75, 3.05) is 39.6 Å². The molecular weight excluding hydrogens is 559 g/mol. The van der Waals surface area contributed by atoms with Gasteiger partial charge in [-0.05, 0) is 75.6 Å². The van der Waals surface area contributed by atoms with Crippen LogP contribution in [0.5, 0.6) is 5.75 Å². The third-order valence-corrected chi connectivity index (χ3v) is 6.79. The van der Waals surface area contributed by atoms with Gasteiger partial charge in [0, 0.05) is 18.1 Å². The van der Waals surface area contributed by atoms with Crippen LogP contribution < -0.4 is 15.6 Å². The average molecular weight is 588 g/mol. The second-order valence-corrected chi connectivity index (χ2v) is 10.1. The molecule has 0 fully saturated rings. The first-order chi connectivity index (χ1) is 19.4. The summed E-state index contributed by atoms with van der Waals surface area (Å²) in [6.45, 7) is 2.19. The number of alkyl halides is 3. The van der Waals surface area contributed by atoms with Crippen molar-refractivity contribution in [3.8, 4) is 11.4 Å². The van der Waals surface area contributed by atoms with Gasteiger partial charge in [0.2, 0.25) is 0 Å². The van der Waals surface area contributed by atoms with Crippen molar-refractivity contribution in [2.24, 2.45) is 0 Å². The fourth-order valence-electron chi connectivity index (χ4n) is 4.38. The summed E-state index contributed by atoms with van der Waals surface area (Å²) in [7, 11) is 5.14. The van der Waals surface area contributed by atoms with E-state index >= 15 is 0 Å². The predicted molar refractivity (Wildman–Crippen MR) is 153 cm³/mol. The van der Waals surface area contributed by atoms with Crippen molar-refractivity contribution >= 4 is 34.2 Å². The van der Waals surface area contributed by atoms with E-state index < -0.39 is 29.4 Å². The molecule has 0 bridgehead atoms. The number of hydrogen-bond acceptors (Lipinski definition) is 5. The van der Waals surface area contributed by atoms with Crippen molar-refractivity contribution < 1.29 is 22.7 Å². The van der Waals surface area contributed by atoms with Crippen molar-refractivity contribution in [1.29, 1.82) is 0 Å². The van der Waals surface area contributed by atoms with E-state index in [1.807, 2.05) is 19.0 Å². The fourth-order valence-corrected chi connectivity index (χ4v) is 4.55. The highest BCUT2D eigenvalue weighted by Gasteiger charge is 2.35. The Morgan fingerprint density at radius 2 is 1.76 bits per heavy atom. The summed E-state index contributed by atoms with van der Waals surface area (Å²) in [5.74, 6) is 0.778. The Kier molecular flexibility index (Phi) is 8.89. The summed E-state index contributed by atoms with van der Waals surface area (Å²) in [5.41, 5.74) is -0.948. The molecule has 0 saturated carbocycles. The van der Waals surface area contributed by atoms with Crippen LogP contribution in [0.1, 0.15) is 24.4 Å². The van der Waals surface area contributed by atoms with Crippen LogP contribution in [0.15, 0.2) is 71.5 Å². The van der Waals surface area contributed by atoms with Gasteiger partial charge in [-0.25, -0.2) is 9.78 Å². The fraction of sp³-hybridized carbons (Fsp3) is 0.276. The van der Waals surface area contributed by atoms with Crippen LogP contribution in [0.25, 0.3) is 16.6 Å². The quantitative estimate of drug-likeness (QED) is 0.265. The first-order valence-electron chi connectivity index (χ1n) is 12.7. The second kappa shape index (κ2) is 12.2. The lowest BCUT2D eigenvalue weighted by atomic mass is 10.1. The number of benzene rings is 3. The molecule has 12 heteroatoms. The number of methoxy groups -OCH3 is 1. The minimum absolute atomic E-state index is 0.125. The Hall–Kier alpha value is -4.09. The van der Waals surface area contributed by atoms with E-state index in [1.165, 1.54) is 34.8 Å². The Balaban J connectivity index is 1.85. The molecule has 0 aliphatic rings. The number of ether oxygens (including phenoxy) is 1. The number of carbonyl (C=O) groups is 1. The van der Waals surface area contributed by atoms with Gasteiger partial charge in [0.25, 0.3) is 5.56 Å². The molecule has 4 rings (SSSR count). The van der Waals surface area contributed by atoms with E-state index in [0.717, 1.165) is 6.07 Å². The molecule has 0 spiro atoms.